The molecule has 1 unspecified atom stereocenters. The van der Waals surface area contributed by atoms with Crippen molar-refractivity contribution >= 4 is 16.7 Å². The van der Waals surface area contributed by atoms with Crippen LogP contribution in [0.3, 0.4) is 0 Å². The van der Waals surface area contributed by atoms with Crippen LogP contribution in [0.2, 0.25) is 0 Å². The maximum absolute atomic E-state index is 13.4. The average molecular weight is 469 g/mol. The van der Waals surface area contributed by atoms with E-state index in [1.165, 1.54) is 24.0 Å². The molecule has 0 amide bonds. The molecular formula is C32H36O3. The van der Waals surface area contributed by atoms with Crippen LogP contribution < -0.4 is 9.47 Å². The Balaban J connectivity index is 1.56. The maximum Gasteiger partial charge on any atom is 0.343 e. The number of carbonyl (C=O) groups is 1. The number of esters is 1. The van der Waals surface area contributed by atoms with Crippen LogP contribution in [0.4, 0.5) is 0 Å². The Labute approximate surface area is 209 Å². The van der Waals surface area contributed by atoms with Gasteiger partial charge >= 0.3 is 5.97 Å². The molecule has 3 heteroatoms. The van der Waals surface area contributed by atoms with Gasteiger partial charge in [0.1, 0.15) is 17.1 Å². The second kappa shape index (κ2) is 9.53. The molecule has 1 heterocycles. The molecule has 182 valence electrons. The Morgan fingerprint density at radius 2 is 1.86 bits per heavy atom. The van der Waals surface area contributed by atoms with Gasteiger partial charge in [0.25, 0.3) is 0 Å². The molecule has 2 aliphatic rings. The topological polar surface area (TPSA) is 35.5 Å². The van der Waals surface area contributed by atoms with Crippen molar-refractivity contribution in [3.63, 3.8) is 0 Å². The van der Waals surface area contributed by atoms with Crippen LogP contribution >= 0.6 is 0 Å². The molecule has 3 nitrogen and oxygen atoms in total. The normalized spacial score (nSPS) is 20.4. The maximum atomic E-state index is 13.4. The van der Waals surface area contributed by atoms with E-state index in [1.54, 1.807) is 0 Å². The van der Waals surface area contributed by atoms with Gasteiger partial charge in [0.05, 0.1) is 5.56 Å². The van der Waals surface area contributed by atoms with E-state index >= 15 is 0 Å². The molecule has 0 radical (unpaired) electrons. The van der Waals surface area contributed by atoms with Gasteiger partial charge in [-0.25, -0.2) is 4.79 Å². The lowest BCUT2D eigenvalue weighted by atomic mass is 9.68. The standard InChI is InChI=1S/C32H36O3/c1-5-6-7-10-22-18-28(34-31(33)25-15-14-23-11-8-9-12-24(23)20-25)30-26-17-21(2)13-16-27(26)32(3,4)35-29(30)19-22/h8-9,11-12,14-15,17-20,26-27H,5-7,10,13,16H2,1-4H3/t26?,27-/m1/s1. The Bertz CT molecular complexity index is 1280. The van der Waals surface area contributed by atoms with Crippen molar-refractivity contribution < 1.29 is 14.3 Å². The van der Waals surface area contributed by atoms with Crippen molar-refractivity contribution in [2.24, 2.45) is 5.92 Å². The minimum atomic E-state index is -0.318. The molecule has 0 fully saturated rings. The van der Waals surface area contributed by atoms with Crippen LogP contribution in [0, 0.1) is 5.92 Å². The lowest BCUT2D eigenvalue weighted by molar-refractivity contribution is 0.0106. The van der Waals surface area contributed by atoms with Gasteiger partial charge in [-0.2, -0.15) is 0 Å². The van der Waals surface area contributed by atoms with Gasteiger partial charge in [0, 0.05) is 17.4 Å². The number of benzene rings is 3. The van der Waals surface area contributed by atoms with Crippen LogP contribution in [0.1, 0.15) is 87.2 Å². The van der Waals surface area contributed by atoms with Gasteiger partial charge in [0.15, 0.2) is 0 Å². The zero-order valence-corrected chi connectivity index (χ0v) is 21.4. The number of unbranched alkanes of at least 4 members (excludes halogenated alkanes) is 2. The molecular weight excluding hydrogens is 432 g/mol. The summed E-state index contributed by atoms with van der Waals surface area (Å²) >= 11 is 0. The molecule has 0 spiro atoms. The number of ether oxygens (including phenoxy) is 2. The van der Waals surface area contributed by atoms with Gasteiger partial charge in [-0.15, -0.1) is 0 Å². The SMILES string of the molecule is CCCCCc1cc(OC(=O)c2ccc3ccccc3c2)c2c(c1)OC(C)(C)[C@@H]1CCC(C)=CC21. The summed E-state index contributed by atoms with van der Waals surface area (Å²) in [5.41, 5.74) is 3.90. The summed E-state index contributed by atoms with van der Waals surface area (Å²) < 4.78 is 12.8. The monoisotopic (exact) mass is 468 g/mol. The van der Waals surface area contributed by atoms with E-state index in [4.69, 9.17) is 9.47 Å². The van der Waals surface area contributed by atoms with Gasteiger partial charge in [-0.05, 0) is 87.1 Å². The van der Waals surface area contributed by atoms with Crippen molar-refractivity contribution in [1.29, 1.82) is 0 Å². The highest BCUT2D eigenvalue weighted by molar-refractivity contribution is 5.96. The second-order valence-corrected chi connectivity index (χ2v) is 10.8. The molecule has 1 aliphatic carbocycles. The van der Waals surface area contributed by atoms with Crippen molar-refractivity contribution in [2.45, 2.75) is 77.7 Å². The fourth-order valence-electron chi connectivity index (χ4n) is 5.84. The van der Waals surface area contributed by atoms with Crippen LogP contribution in [0.25, 0.3) is 10.8 Å². The number of hydrogen-bond donors (Lipinski definition) is 0. The number of rotatable bonds is 6. The Kier molecular flexibility index (Phi) is 6.44. The van der Waals surface area contributed by atoms with Gasteiger partial charge in [-0.3, -0.25) is 0 Å². The summed E-state index contributed by atoms with van der Waals surface area (Å²) in [5, 5.41) is 2.15. The third-order valence-electron chi connectivity index (χ3n) is 7.77. The largest absolute Gasteiger partial charge is 0.487 e. The predicted molar refractivity (Wildman–Crippen MR) is 143 cm³/mol. The first-order chi connectivity index (χ1) is 16.9. The lowest BCUT2D eigenvalue weighted by Crippen LogP contribution is -2.45. The van der Waals surface area contributed by atoms with Crippen molar-refractivity contribution in [1.82, 2.24) is 0 Å². The van der Waals surface area contributed by atoms with Crippen LogP contribution in [0.5, 0.6) is 11.5 Å². The number of hydrogen-bond acceptors (Lipinski definition) is 3. The third kappa shape index (κ3) is 4.74. The molecule has 1 aliphatic heterocycles. The van der Waals surface area contributed by atoms with Crippen LogP contribution in [0.15, 0.2) is 66.2 Å². The summed E-state index contributed by atoms with van der Waals surface area (Å²) in [6, 6.07) is 18.1. The zero-order valence-electron chi connectivity index (χ0n) is 21.4. The van der Waals surface area contributed by atoms with E-state index in [0.29, 0.717) is 17.2 Å². The number of fused-ring (bicyclic) bond motifs is 4. The quantitative estimate of drug-likeness (QED) is 0.158. The fourth-order valence-corrected chi connectivity index (χ4v) is 5.84. The summed E-state index contributed by atoms with van der Waals surface area (Å²) in [6.07, 6.45) is 8.96. The molecule has 3 aromatic carbocycles. The number of carbonyl (C=O) groups excluding carboxylic acids is 1. The molecule has 2 atom stereocenters. The molecule has 0 aromatic heterocycles. The van der Waals surface area contributed by atoms with Crippen LogP contribution in [-0.4, -0.2) is 11.6 Å². The first-order valence-electron chi connectivity index (χ1n) is 13.1. The van der Waals surface area contributed by atoms with E-state index in [2.05, 4.69) is 52.0 Å². The Hall–Kier alpha value is -3.07. The fraction of sp³-hybridized carbons (Fsp3) is 0.406. The molecule has 3 aromatic rings. The summed E-state index contributed by atoms with van der Waals surface area (Å²) in [6.45, 7) is 8.82. The minimum absolute atomic E-state index is 0.187. The second-order valence-electron chi connectivity index (χ2n) is 10.8. The minimum Gasteiger partial charge on any atom is -0.487 e. The summed E-state index contributed by atoms with van der Waals surface area (Å²) in [7, 11) is 0. The first kappa shape index (κ1) is 23.7. The smallest absolute Gasteiger partial charge is 0.343 e. The first-order valence-corrected chi connectivity index (χ1v) is 13.1. The molecule has 0 N–H and O–H groups in total. The lowest BCUT2D eigenvalue weighted by Gasteiger charge is -2.46. The molecule has 5 rings (SSSR count). The van der Waals surface area contributed by atoms with Crippen molar-refractivity contribution in [3.8, 4) is 11.5 Å². The highest BCUT2D eigenvalue weighted by Gasteiger charge is 2.45. The number of aryl methyl sites for hydroxylation is 1. The van der Waals surface area contributed by atoms with Crippen molar-refractivity contribution in [2.75, 3.05) is 0 Å². The average Bonchev–Trinajstić information content (AvgIpc) is 2.83. The van der Waals surface area contributed by atoms with Crippen LogP contribution in [-0.2, 0) is 6.42 Å². The Morgan fingerprint density at radius 3 is 2.66 bits per heavy atom. The molecule has 0 saturated carbocycles. The highest BCUT2D eigenvalue weighted by Crippen LogP contribution is 2.53. The molecule has 0 bridgehead atoms. The van der Waals surface area contributed by atoms with Crippen molar-refractivity contribution in [3.05, 3.63) is 82.9 Å². The summed E-state index contributed by atoms with van der Waals surface area (Å²) in [5.74, 6) is 1.75. The molecule has 0 saturated heterocycles. The van der Waals surface area contributed by atoms with E-state index < -0.39 is 0 Å². The highest BCUT2D eigenvalue weighted by atomic mass is 16.5. The predicted octanol–water partition coefficient (Wildman–Crippen LogP) is 8.40. The van der Waals surface area contributed by atoms with E-state index in [0.717, 1.165) is 47.8 Å². The summed E-state index contributed by atoms with van der Waals surface area (Å²) in [4.78, 5) is 13.4. The van der Waals surface area contributed by atoms with Gasteiger partial charge < -0.3 is 9.47 Å². The van der Waals surface area contributed by atoms with E-state index in [-0.39, 0.29) is 17.5 Å². The zero-order chi connectivity index (χ0) is 24.6. The molecule has 35 heavy (non-hydrogen) atoms. The third-order valence-corrected chi connectivity index (χ3v) is 7.77. The Morgan fingerprint density at radius 1 is 1.06 bits per heavy atom. The van der Waals surface area contributed by atoms with Gasteiger partial charge in [-0.1, -0.05) is 61.7 Å². The number of allylic oxidation sites excluding steroid dienone is 2. The van der Waals surface area contributed by atoms with E-state index in [9.17, 15) is 4.79 Å². The van der Waals surface area contributed by atoms with E-state index in [1.807, 2.05) is 36.4 Å². The van der Waals surface area contributed by atoms with Gasteiger partial charge in [0.2, 0.25) is 0 Å².